The van der Waals surface area contributed by atoms with E-state index in [9.17, 15) is 4.79 Å². The van der Waals surface area contributed by atoms with Crippen LogP contribution < -0.4 is 10.2 Å². The van der Waals surface area contributed by atoms with Gasteiger partial charge in [0.05, 0.1) is 7.05 Å². The van der Waals surface area contributed by atoms with Crippen LogP contribution in [0.5, 0.6) is 0 Å². The highest BCUT2D eigenvalue weighted by atomic mass is 35.5. The molecule has 1 amide bonds. The number of hydrogen-bond acceptors (Lipinski definition) is 1. The highest BCUT2D eigenvalue weighted by Crippen LogP contribution is 2.22. The number of rotatable bonds is 5. The molecule has 0 aromatic heterocycles. The molecule has 1 atom stereocenters. The number of benzene rings is 2. The van der Waals surface area contributed by atoms with Gasteiger partial charge in [-0.15, -0.1) is 0 Å². The number of hydrogen-bond donors (Lipinski definition) is 2. The average molecular weight is 338 g/mol. The van der Waals surface area contributed by atoms with Crippen molar-refractivity contribution in [3.8, 4) is 0 Å². The summed E-state index contributed by atoms with van der Waals surface area (Å²) in [5.41, 5.74) is 2.66. The summed E-state index contributed by atoms with van der Waals surface area (Å²) in [5, 5.41) is 4.28. The van der Waals surface area contributed by atoms with Gasteiger partial charge in [-0.3, -0.25) is 4.79 Å². The van der Waals surface area contributed by atoms with E-state index < -0.39 is 0 Å². The molecule has 2 aromatic rings. The predicted molar refractivity (Wildman–Crippen MR) is 91.7 cm³/mol. The first-order chi connectivity index (χ1) is 10.5. The van der Waals surface area contributed by atoms with Crippen molar-refractivity contribution in [2.45, 2.75) is 13.5 Å². The number of nitrogens with one attached hydrogen (secondary N) is 2. The highest BCUT2D eigenvalue weighted by molar-refractivity contribution is 6.32. The van der Waals surface area contributed by atoms with Crippen LogP contribution in [0, 0.1) is 6.92 Å². The summed E-state index contributed by atoms with van der Waals surface area (Å²) >= 11 is 12.2. The first-order valence-electron chi connectivity index (χ1n) is 7.07. The van der Waals surface area contributed by atoms with Gasteiger partial charge in [0.2, 0.25) is 0 Å². The molecule has 0 aliphatic heterocycles. The molecule has 0 aliphatic rings. The summed E-state index contributed by atoms with van der Waals surface area (Å²) in [4.78, 5) is 13.2. The van der Waals surface area contributed by atoms with Gasteiger partial charge in [-0.1, -0.05) is 47.5 Å². The lowest BCUT2D eigenvalue weighted by Crippen LogP contribution is -3.08. The van der Waals surface area contributed by atoms with Crippen molar-refractivity contribution in [3.63, 3.8) is 0 Å². The molecule has 0 heterocycles. The Balaban J connectivity index is 1.94. The summed E-state index contributed by atoms with van der Waals surface area (Å²) in [7, 11) is 1.97. The molecule has 5 heteroatoms. The van der Waals surface area contributed by atoms with Crippen LogP contribution in [0.4, 0.5) is 5.69 Å². The number of halogens is 2. The van der Waals surface area contributed by atoms with Crippen molar-refractivity contribution in [2.75, 3.05) is 18.9 Å². The van der Waals surface area contributed by atoms with Crippen LogP contribution in [-0.4, -0.2) is 19.5 Å². The van der Waals surface area contributed by atoms with Crippen molar-refractivity contribution in [1.29, 1.82) is 0 Å². The highest BCUT2D eigenvalue weighted by Gasteiger charge is 2.13. The molecular weight excluding hydrogens is 319 g/mol. The second-order valence-electron chi connectivity index (χ2n) is 5.36. The Hall–Kier alpha value is -1.55. The van der Waals surface area contributed by atoms with Crippen LogP contribution in [0.3, 0.4) is 0 Å². The van der Waals surface area contributed by atoms with Crippen molar-refractivity contribution in [3.05, 3.63) is 63.6 Å². The van der Waals surface area contributed by atoms with Gasteiger partial charge < -0.3 is 10.2 Å². The lowest BCUT2D eigenvalue weighted by atomic mass is 10.2. The monoisotopic (exact) mass is 337 g/mol. The number of amides is 1. The van der Waals surface area contributed by atoms with E-state index in [-0.39, 0.29) is 5.91 Å². The molecule has 0 spiro atoms. The van der Waals surface area contributed by atoms with Gasteiger partial charge in [-0.2, -0.15) is 0 Å². The minimum Gasteiger partial charge on any atom is -0.326 e. The summed E-state index contributed by atoms with van der Waals surface area (Å²) in [5.74, 6) is -0.0464. The summed E-state index contributed by atoms with van der Waals surface area (Å²) in [6, 6.07) is 13.2. The van der Waals surface area contributed by atoms with Gasteiger partial charge in [0, 0.05) is 21.3 Å². The standard InChI is InChI=1S/C17H18Cl2N2O/c1-12-14(18)8-5-9-16(12)20-17(22)11-21(2)10-13-6-3-4-7-15(13)19/h3-9H,10-11H2,1-2H3,(H,20,22)/p+1. The Morgan fingerprint density at radius 2 is 1.77 bits per heavy atom. The SMILES string of the molecule is Cc1c(Cl)cccc1NC(=O)C[NH+](C)Cc1ccccc1Cl. The molecule has 0 aliphatic carbocycles. The van der Waals surface area contributed by atoms with Gasteiger partial charge in [0.15, 0.2) is 6.54 Å². The van der Waals surface area contributed by atoms with Gasteiger partial charge >= 0.3 is 0 Å². The van der Waals surface area contributed by atoms with Crippen LogP contribution in [0.1, 0.15) is 11.1 Å². The van der Waals surface area contributed by atoms with Crippen LogP contribution in [0.25, 0.3) is 0 Å². The van der Waals surface area contributed by atoms with Gasteiger partial charge in [0.25, 0.3) is 5.91 Å². The largest absolute Gasteiger partial charge is 0.326 e. The maximum atomic E-state index is 12.2. The zero-order chi connectivity index (χ0) is 16.1. The topological polar surface area (TPSA) is 33.5 Å². The van der Waals surface area contributed by atoms with Crippen LogP contribution in [0.2, 0.25) is 10.0 Å². The summed E-state index contributed by atoms with van der Waals surface area (Å²) < 4.78 is 0. The molecule has 3 nitrogen and oxygen atoms in total. The molecule has 0 fully saturated rings. The van der Waals surface area contributed by atoms with E-state index >= 15 is 0 Å². The molecule has 0 bridgehead atoms. The number of anilines is 1. The van der Waals surface area contributed by atoms with E-state index in [1.807, 2.05) is 50.4 Å². The zero-order valence-corrected chi connectivity index (χ0v) is 14.1. The Morgan fingerprint density at radius 1 is 1.09 bits per heavy atom. The zero-order valence-electron chi connectivity index (χ0n) is 12.6. The Morgan fingerprint density at radius 3 is 2.50 bits per heavy atom. The Bertz CT molecular complexity index is 673. The van der Waals surface area contributed by atoms with E-state index in [2.05, 4.69) is 5.32 Å². The van der Waals surface area contributed by atoms with Crippen LogP contribution in [0.15, 0.2) is 42.5 Å². The Labute approximate surface area is 140 Å². The maximum Gasteiger partial charge on any atom is 0.279 e. The fourth-order valence-electron chi connectivity index (χ4n) is 2.24. The van der Waals surface area contributed by atoms with Crippen LogP contribution in [-0.2, 0) is 11.3 Å². The lowest BCUT2D eigenvalue weighted by Gasteiger charge is -2.15. The third-order valence-corrected chi connectivity index (χ3v) is 4.23. The van der Waals surface area contributed by atoms with Crippen LogP contribution >= 0.6 is 23.2 Å². The first kappa shape index (κ1) is 16.8. The quantitative estimate of drug-likeness (QED) is 0.864. The molecule has 0 radical (unpaired) electrons. The van der Waals surface area contributed by atoms with E-state index in [1.165, 1.54) is 0 Å². The van der Waals surface area contributed by atoms with Crippen molar-refractivity contribution < 1.29 is 9.69 Å². The average Bonchev–Trinajstić information content (AvgIpc) is 2.46. The molecule has 0 saturated carbocycles. The van der Waals surface area contributed by atoms with Gasteiger partial charge in [-0.05, 0) is 30.7 Å². The third-order valence-electron chi connectivity index (χ3n) is 3.45. The lowest BCUT2D eigenvalue weighted by molar-refractivity contribution is -0.885. The summed E-state index contributed by atoms with van der Waals surface area (Å²) in [6.07, 6.45) is 0. The van der Waals surface area contributed by atoms with E-state index in [1.54, 1.807) is 6.07 Å². The number of carbonyl (C=O) groups excluding carboxylic acids is 1. The van der Waals surface area contributed by atoms with E-state index in [0.717, 1.165) is 26.7 Å². The summed E-state index contributed by atoms with van der Waals surface area (Å²) in [6.45, 7) is 2.94. The molecule has 2 aromatic carbocycles. The molecule has 1 unspecified atom stereocenters. The molecule has 116 valence electrons. The predicted octanol–water partition coefficient (Wildman–Crippen LogP) is 2.96. The Kier molecular flexibility index (Phi) is 5.83. The fourth-order valence-corrected chi connectivity index (χ4v) is 2.62. The minimum absolute atomic E-state index is 0.0464. The van der Waals surface area contributed by atoms with Crippen molar-refractivity contribution in [2.24, 2.45) is 0 Å². The maximum absolute atomic E-state index is 12.2. The molecule has 2 rings (SSSR count). The molecular formula is C17H19Cl2N2O+. The first-order valence-corrected chi connectivity index (χ1v) is 7.82. The second-order valence-corrected chi connectivity index (χ2v) is 6.18. The fraction of sp³-hybridized carbons (Fsp3) is 0.235. The molecule has 22 heavy (non-hydrogen) atoms. The smallest absolute Gasteiger partial charge is 0.279 e. The molecule has 2 N–H and O–H groups in total. The normalized spacial score (nSPS) is 12.0. The molecule has 0 saturated heterocycles. The van der Waals surface area contributed by atoms with Gasteiger partial charge in [-0.25, -0.2) is 0 Å². The van der Waals surface area contributed by atoms with E-state index in [0.29, 0.717) is 18.1 Å². The number of carbonyl (C=O) groups is 1. The number of likely N-dealkylation sites (N-methyl/N-ethyl adjacent to an activating group) is 1. The van der Waals surface area contributed by atoms with E-state index in [4.69, 9.17) is 23.2 Å². The second kappa shape index (κ2) is 7.63. The van der Waals surface area contributed by atoms with Crippen molar-refractivity contribution in [1.82, 2.24) is 0 Å². The van der Waals surface area contributed by atoms with Gasteiger partial charge in [0.1, 0.15) is 6.54 Å². The third kappa shape index (κ3) is 4.47. The minimum atomic E-state index is -0.0464. The van der Waals surface area contributed by atoms with Crippen molar-refractivity contribution >= 4 is 34.8 Å². The number of quaternary nitrogens is 1.